The van der Waals surface area contributed by atoms with E-state index in [2.05, 4.69) is 5.32 Å². The van der Waals surface area contributed by atoms with Gasteiger partial charge in [-0.05, 0) is 63.7 Å². The number of Topliss-reactive ketones (excluding diaryl/α,β-unsaturated/α-hetero) is 1. The van der Waals surface area contributed by atoms with Crippen molar-refractivity contribution < 1.29 is 14.0 Å². The first kappa shape index (κ1) is 21.8. The Labute approximate surface area is 166 Å². The molecule has 28 heavy (non-hydrogen) atoms. The number of nitrogens with one attached hydrogen (secondary N) is 1. The lowest BCUT2D eigenvalue weighted by Crippen LogP contribution is -2.41. The van der Waals surface area contributed by atoms with Crippen LogP contribution in [0.15, 0.2) is 36.4 Å². The molecule has 0 aliphatic carbocycles. The zero-order valence-electron chi connectivity index (χ0n) is 17.3. The molecule has 0 saturated carbocycles. The minimum atomic E-state index is -0.485. The van der Waals surface area contributed by atoms with E-state index in [9.17, 15) is 14.0 Å². The quantitative estimate of drug-likeness (QED) is 0.702. The molecule has 2 aromatic rings. The van der Waals surface area contributed by atoms with Gasteiger partial charge in [-0.25, -0.2) is 4.39 Å². The predicted molar refractivity (Wildman–Crippen MR) is 110 cm³/mol. The van der Waals surface area contributed by atoms with Gasteiger partial charge < -0.3 is 10.2 Å². The van der Waals surface area contributed by atoms with Gasteiger partial charge in [0.15, 0.2) is 5.78 Å². The monoisotopic (exact) mass is 384 g/mol. The van der Waals surface area contributed by atoms with Crippen LogP contribution in [0.4, 0.5) is 4.39 Å². The molecule has 2 rings (SSSR count). The molecular weight excluding hydrogens is 355 g/mol. The third-order valence-corrected chi connectivity index (χ3v) is 4.98. The molecular formula is C23H29FN2O2. The summed E-state index contributed by atoms with van der Waals surface area (Å²) in [5, 5.41) is 2.99. The van der Waals surface area contributed by atoms with Gasteiger partial charge >= 0.3 is 0 Å². The van der Waals surface area contributed by atoms with E-state index >= 15 is 0 Å². The van der Waals surface area contributed by atoms with Gasteiger partial charge in [0.05, 0.1) is 5.56 Å². The predicted octanol–water partition coefficient (Wildman–Crippen LogP) is 3.94. The molecule has 0 saturated heterocycles. The molecule has 2 aromatic carbocycles. The van der Waals surface area contributed by atoms with Crippen molar-refractivity contribution in [3.05, 3.63) is 70.0 Å². The Morgan fingerprint density at radius 2 is 1.75 bits per heavy atom. The molecule has 0 unspecified atom stereocenters. The normalized spacial score (nSPS) is 12.1. The fourth-order valence-corrected chi connectivity index (χ4v) is 3.19. The van der Waals surface area contributed by atoms with Crippen molar-refractivity contribution in [3.8, 4) is 0 Å². The van der Waals surface area contributed by atoms with Crippen molar-refractivity contribution in [2.45, 2.75) is 39.7 Å². The second kappa shape index (κ2) is 9.60. The summed E-state index contributed by atoms with van der Waals surface area (Å²) in [6.45, 7) is 6.08. The molecule has 4 nitrogen and oxygen atoms in total. The summed E-state index contributed by atoms with van der Waals surface area (Å²) in [5.41, 5.74) is 3.65. The number of amides is 1. The van der Waals surface area contributed by atoms with Gasteiger partial charge in [0.1, 0.15) is 5.82 Å². The number of likely N-dealkylation sites (N-methyl/N-ethyl adjacent to an activating group) is 1. The Bertz CT molecular complexity index is 862. The van der Waals surface area contributed by atoms with Gasteiger partial charge in [-0.1, -0.05) is 30.7 Å². The zero-order valence-corrected chi connectivity index (χ0v) is 17.3. The van der Waals surface area contributed by atoms with Crippen molar-refractivity contribution in [2.75, 3.05) is 20.6 Å². The number of carbonyl (C=O) groups excluding carboxylic acids is 2. The number of benzene rings is 2. The number of rotatable bonds is 8. The lowest BCUT2D eigenvalue weighted by Gasteiger charge is -2.25. The summed E-state index contributed by atoms with van der Waals surface area (Å²) >= 11 is 0. The van der Waals surface area contributed by atoms with Crippen LogP contribution in [0.3, 0.4) is 0 Å². The Balaban J connectivity index is 2.06. The highest BCUT2D eigenvalue weighted by atomic mass is 19.1. The van der Waals surface area contributed by atoms with Crippen LogP contribution in [0.1, 0.15) is 50.8 Å². The maximum atomic E-state index is 14.2. The topological polar surface area (TPSA) is 49.4 Å². The van der Waals surface area contributed by atoms with E-state index in [1.54, 1.807) is 19.1 Å². The van der Waals surface area contributed by atoms with Crippen LogP contribution in [-0.4, -0.2) is 43.3 Å². The minimum Gasteiger partial charge on any atom is -0.350 e. The summed E-state index contributed by atoms with van der Waals surface area (Å²) in [7, 11) is 3.86. The average molecular weight is 384 g/mol. The lowest BCUT2D eigenvalue weighted by molar-refractivity contribution is 0.0939. The molecule has 1 atom stereocenters. The third-order valence-electron chi connectivity index (χ3n) is 4.98. The van der Waals surface area contributed by atoms with Crippen LogP contribution < -0.4 is 5.32 Å². The van der Waals surface area contributed by atoms with E-state index in [0.717, 1.165) is 16.7 Å². The highest BCUT2D eigenvalue weighted by molar-refractivity contribution is 5.96. The fraction of sp³-hybridized carbons (Fsp3) is 0.391. The van der Waals surface area contributed by atoms with E-state index in [0.29, 0.717) is 18.5 Å². The number of aryl methyl sites for hydroxylation is 2. The average Bonchev–Trinajstić information content (AvgIpc) is 2.64. The molecule has 0 aliphatic rings. The van der Waals surface area contributed by atoms with Crippen molar-refractivity contribution in [3.63, 3.8) is 0 Å². The summed E-state index contributed by atoms with van der Waals surface area (Å²) in [6, 6.07) is 10.5. The highest BCUT2D eigenvalue weighted by Crippen LogP contribution is 2.15. The smallest absolute Gasteiger partial charge is 0.251 e. The van der Waals surface area contributed by atoms with Crippen LogP contribution in [0.25, 0.3) is 0 Å². The van der Waals surface area contributed by atoms with Crippen LogP contribution >= 0.6 is 0 Å². The lowest BCUT2D eigenvalue weighted by atomic mass is 10.0. The van der Waals surface area contributed by atoms with Crippen LogP contribution in [-0.2, 0) is 6.42 Å². The highest BCUT2D eigenvalue weighted by Gasteiger charge is 2.17. The van der Waals surface area contributed by atoms with Crippen LogP contribution in [0, 0.1) is 19.7 Å². The fourth-order valence-electron chi connectivity index (χ4n) is 3.19. The zero-order chi connectivity index (χ0) is 20.8. The Morgan fingerprint density at radius 3 is 2.32 bits per heavy atom. The SMILES string of the molecule is CCC(=O)c1ccc(C[C@@H](CNC(=O)c2ccc(C)cc2C)N(C)C)cc1F. The molecule has 0 heterocycles. The minimum absolute atomic E-state index is 0.00170. The van der Waals surface area contributed by atoms with E-state index < -0.39 is 5.82 Å². The van der Waals surface area contributed by atoms with E-state index in [1.165, 1.54) is 6.07 Å². The van der Waals surface area contributed by atoms with E-state index in [4.69, 9.17) is 0 Å². The number of nitrogens with zero attached hydrogens (tertiary/aromatic N) is 1. The second-order valence-corrected chi connectivity index (χ2v) is 7.44. The molecule has 0 radical (unpaired) electrons. The molecule has 0 aromatic heterocycles. The first-order valence-electron chi connectivity index (χ1n) is 9.56. The number of halogens is 1. The second-order valence-electron chi connectivity index (χ2n) is 7.44. The van der Waals surface area contributed by atoms with Gasteiger partial charge in [0.2, 0.25) is 0 Å². The summed E-state index contributed by atoms with van der Waals surface area (Å²) < 4.78 is 14.2. The van der Waals surface area contributed by atoms with Crippen LogP contribution in [0.5, 0.6) is 0 Å². The molecule has 0 spiro atoms. The van der Waals surface area contributed by atoms with Gasteiger partial charge in [0, 0.05) is 24.6 Å². The van der Waals surface area contributed by atoms with Crippen molar-refractivity contribution in [2.24, 2.45) is 0 Å². The Hall–Kier alpha value is -2.53. The van der Waals surface area contributed by atoms with Gasteiger partial charge in [-0.3, -0.25) is 9.59 Å². The summed E-state index contributed by atoms with van der Waals surface area (Å²) in [5.74, 6) is -0.797. The molecule has 5 heteroatoms. The van der Waals surface area contributed by atoms with E-state index in [-0.39, 0.29) is 29.7 Å². The summed E-state index contributed by atoms with van der Waals surface area (Å²) in [4.78, 5) is 26.3. The third kappa shape index (κ3) is 5.49. The first-order valence-corrected chi connectivity index (χ1v) is 9.56. The van der Waals surface area contributed by atoms with Gasteiger partial charge in [0.25, 0.3) is 5.91 Å². The summed E-state index contributed by atoms with van der Waals surface area (Å²) in [6.07, 6.45) is 0.846. The van der Waals surface area contributed by atoms with Crippen molar-refractivity contribution in [1.82, 2.24) is 10.2 Å². The molecule has 150 valence electrons. The number of hydrogen-bond donors (Lipinski definition) is 1. The van der Waals surface area contributed by atoms with E-state index in [1.807, 2.05) is 51.0 Å². The number of ketones is 1. The first-order chi connectivity index (χ1) is 13.2. The molecule has 0 fully saturated rings. The Kier molecular flexibility index (Phi) is 7.46. The van der Waals surface area contributed by atoms with Gasteiger partial charge in [-0.2, -0.15) is 0 Å². The maximum Gasteiger partial charge on any atom is 0.251 e. The Morgan fingerprint density at radius 1 is 1.07 bits per heavy atom. The number of carbonyl (C=O) groups is 2. The van der Waals surface area contributed by atoms with Crippen molar-refractivity contribution in [1.29, 1.82) is 0 Å². The largest absolute Gasteiger partial charge is 0.350 e. The molecule has 1 N–H and O–H groups in total. The van der Waals surface area contributed by atoms with Gasteiger partial charge in [-0.15, -0.1) is 0 Å². The van der Waals surface area contributed by atoms with Crippen molar-refractivity contribution >= 4 is 11.7 Å². The van der Waals surface area contributed by atoms with Crippen LogP contribution in [0.2, 0.25) is 0 Å². The number of hydrogen-bond acceptors (Lipinski definition) is 3. The molecule has 0 aliphatic heterocycles. The molecule has 0 bridgehead atoms. The maximum absolute atomic E-state index is 14.2. The molecule has 1 amide bonds. The standard InChI is InChI=1S/C23H29FN2O2/c1-6-22(27)20-10-8-17(13-21(20)24)12-18(26(4)5)14-25-23(28)19-9-7-15(2)11-16(19)3/h7-11,13,18H,6,12,14H2,1-5H3,(H,25,28)/t18-/m0/s1.